The predicted octanol–water partition coefficient (Wildman–Crippen LogP) is 3.30. The third-order valence-corrected chi connectivity index (χ3v) is 2.77. The predicted molar refractivity (Wildman–Crippen MR) is 68.6 cm³/mol. The average Bonchev–Trinajstić information content (AvgIpc) is 2.32. The largest absolute Gasteiger partial charge is 0.504 e. The van der Waals surface area contributed by atoms with Crippen molar-refractivity contribution in [1.82, 2.24) is 0 Å². The van der Waals surface area contributed by atoms with E-state index >= 15 is 0 Å². The molecule has 17 heavy (non-hydrogen) atoms. The van der Waals surface area contributed by atoms with Crippen molar-refractivity contribution in [1.29, 1.82) is 0 Å². The van der Waals surface area contributed by atoms with E-state index in [2.05, 4.69) is 31.2 Å². The van der Waals surface area contributed by atoms with Gasteiger partial charge in [0.05, 0.1) is 7.11 Å². The van der Waals surface area contributed by atoms with E-state index in [9.17, 15) is 5.11 Å². The molecule has 0 fully saturated rings. The van der Waals surface area contributed by atoms with E-state index in [-0.39, 0.29) is 5.75 Å². The summed E-state index contributed by atoms with van der Waals surface area (Å²) in [6.45, 7) is 2.07. The zero-order valence-corrected chi connectivity index (χ0v) is 10.1. The SMILES string of the molecule is COc1ccc(Cc2ccc(C)cc2)cc1O. The van der Waals surface area contributed by atoms with E-state index in [1.807, 2.05) is 6.07 Å². The molecule has 0 aliphatic carbocycles. The molecule has 0 aromatic heterocycles. The van der Waals surface area contributed by atoms with Gasteiger partial charge in [-0.05, 0) is 36.6 Å². The van der Waals surface area contributed by atoms with Crippen LogP contribution in [0.2, 0.25) is 0 Å². The molecule has 0 amide bonds. The van der Waals surface area contributed by atoms with E-state index in [0.29, 0.717) is 5.75 Å². The van der Waals surface area contributed by atoms with E-state index in [1.54, 1.807) is 19.2 Å². The molecule has 0 atom stereocenters. The summed E-state index contributed by atoms with van der Waals surface area (Å²) in [5, 5.41) is 9.69. The second kappa shape index (κ2) is 4.91. The second-order valence-corrected chi connectivity index (χ2v) is 4.17. The molecule has 0 heterocycles. The monoisotopic (exact) mass is 228 g/mol. The van der Waals surface area contributed by atoms with Gasteiger partial charge in [0.25, 0.3) is 0 Å². The van der Waals surface area contributed by atoms with Gasteiger partial charge in [0.2, 0.25) is 0 Å². The zero-order valence-electron chi connectivity index (χ0n) is 10.1. The number of phenolic OH excluding ortho intramolecular Hbond substituents is 1. The lowest BCUT2D eigenvalue weighted by molar-refractivity contribution is 0.373. The van der Waals surface area contributed by atoms with Crippen molar-refractivity contribution in [3.63, 3.8) is 0 Å². The van der Waals surface area contributed by atoms with Gasteiger partial charge < -0.3 is 9.84 Å². The fraction of sp³-hybridized carbons (Fsp3) is 0.200. The Labute approximate surface area is 101 Å². The van der Waals surface area contributed by atoms with Gasteiger partial charge in [-0.1, -0.05) is 35.9 Å². The lowest BCUT2D eigenvalue weighted by atomic mass is 10.0. The number of methoxy groups -OCH3 is 1. The molecule has 0 unspecified atom stereocenters. The van der Waals surface area contributed by atoms with Crippen molar-refractivity contribution < 1.29 is 9.84 Å². The number of phenols is 1. The number of aromatic hydroxyl groups is 1. The third-order valence-electron chi connectivity index (χ3n) is 2.77. The van der Waals surface area contributed by atoms with Crippen molar-refractivity contribution in [3.05, 3.63) is 59.2 Å². The topological polar surface area (TPSA) is 29.5 Å². The highest BCUT2D eigenvalue weighted by molar-refractivity contribution is 5.43. The Morgan fingerprint density at radius 1 is 1.00 bits per heavy atom. The molecule has 0 aliphatic rings. The molecule has 0 aliphatic heterocycles. The summed E-state index contributed by atoms with van der Waals surface area (Å²) in [6.07, 6.45) is 0.817. The quantitative estimate of drug-likeness (QED) is 0.873. The minimum absolute atomic E-state index is 0.192. The highest BCUT2D eigenvalue weighted by Crippen LogP contribution is 2.27. The van der Waals surface area contributed by atoms with Gasteiger partial charge in [0.15, 0.2) is 11.5 Å². The van der Waals surface area contributed by atoms with Crippen molar-refractivity contribution in [2.45, 2.75) is 13.3 Å². The highest BCUT2D eigenvalue weighted by atomic mass is 16.5. The first-order valence-electron chi connectivity index (χ1n) is 5.60. The molecule has 0 saturated heterocycles. The maximum atomic E-state index is 9.69. The zero-order chi connectivity index (χ0) is 12.3. The normalized spacial score (nSPS) is 10.2. The average molecular weight is 228 g/mol. The third kappa shape index (κ3) is 2.78. The van der Waals surface area contributed by atoms with Crippen molar-refractivity contribution in [2.75, 3.05) is 7.11 Å². The molecule has 0 spiro atoms. The summed E-state index contributed by atoms with van der Waals surface area (Å²) in [5.74, 6) is 0.703. The minimum atomic E-state index is 0.192. The van der Waals surface area contributed by atoms with Crippen LogP contribution in [0, 0.1) is 6.92 Å². The van der Waals surface area contributed by atoms with Crippen LogP contribution in [0.5, 0.6) is 11.5 Å². The van der Waals surface area contributed by atoms with Crippen LogP contribution in [-0.4, -0.2) is 12.2 Å². The lowest BCUT2D eigenvalue weighted by Crippen LogP contribution is -1.90. The Hall–Kier alpha value is -1.96. The number of rotatable bonds is 3. The number of hydrogen-bond donors (Lipinski definition) is 1. The Kier molecular flexibility index (Phi) is 3.33. The Balaban J connectivity index is 2.19. The molecule has 0 saturated carbocycles. The van der Waals surface area contributed by atoms with Crippen LogP contribution in [0.25, 0.3) is 0 Å². The first-order valence-corrected chi connectivity index (χ1v) is 5.60. The molecule has 0 radical (unpaired) electrons. The first kappa shape index (κ1) is 11.5. The Morgan fingerprint density at radius 2 is 1.65 bits per heavy atom. The molecule has 2 nitrogen and oxygen atoms in total. The van der Waals surface area contributed by atoms with Crippen LogP contribution in [0.4, 0.5) is 0 Å². The fourth-order valence-electron chi connectivity index (χ4n) is 1.79. The van der Waals surface area contributed by atoms with Crippen LogP contribution < -0.4 is 4.74 Å². The number of ether oxygens (including phenoxy) is 1. The summed E-state index contributed by atoms with van der Waals surface area (Å²) in [5.41, 5.74) is 3.57. The van der Waals surface area contributed by atoms with Crippen LogP contribution in [-0.2, 0) is 6.42 Å². The summed E-state index contributed by atoms with van der Waals surface area (Å²) < 4.78 is 5.02. The van der Waals surface area contributed by atoms with Crippen molar-refractivity contribution >= 4 is 0 Å². The van der Waals surface area contributed by atoms with E-state index in [0.717, 1.165) is 12.0 Å². The smallest absolute Gasteiger partial charge is 0.160 e. The van der Waals surface area contributed by atoms with Gasteiger partial charge in [0.1, 0.15) is 0 Å². The van der Waals surface area contributed by atoms with Crippen molar-refractivity contribution in [2.24, 2.45) is 0 Å². The number of hydrogen-bond acceptors (Lipinski definition) is 2. The summed E-state index contributed by atoms with van der Waals surface area (Å²) in [4.78, 5) is 0. The minimum Gasteiger partial charge on any atom is -0.504 e. The van der Waals surface area contributed by atoms with Crippen LogP contribution in [0.1, 0.15) is 16.7 Å². The highest BCUT2D eigenvalue weighted by Gasteiger charge is 2.03. The van der Waals surface area contributed by atoms with E-state index in [4.69, 9.17) is 4.74 Å². The van der Waals surface area contributed by atoms with Gasteiger partial charge in [-0.25, -0.2) is 0 Å². The maximum Gasteiger partial charge on any atom is 0.160 e. The van der Waals surface area contributed by atoms with Crippen LogP contribution in [0.15, 0.2) is 42.5 Å². The number of aryl methyl sites for hydroxylation is 1. The van der Waals surface area contributed by atoms with Gasteiger partial charge in [-0.2, -0.15) is 0 Å². The molecule has 2 heteroatoms. The van der Waals surface area contributed by atoms with Crippen LogP contribution in [0.3, 0.4) is 0 Å². The molecule has 2 rings (SSSR count). The summed E-state index contributed by atoms with van der Waals surface area (Å²) in [6, 6.07) is 13.9. The molecule has 88 valence electrons. The van der Waals surface area contributed by atoms with Crippen LogP contribution >= 0.6 is 0 Å². The Bertz CT molecular complexity index is 501. The second-order valence-electron chi connectivity index (χ2n) is 4.17. The molecular weight excluding hydrogens is 212 g/mol. The van der Waals surface area contributed by atoms with Gasteiger partial charge in [-0.15, -0.1) is 0 Å². The maximum absolute atomic E-state index is 9.69. The summed E-state index contributed by atoms with van der Waals surface area (Å²) in [7, 11) is 1.55. The fourth-order valence-corrected chi connectivity index (χ4v) is 1.79. The van der Waals surface area contributed by atoms with Crippen molar-refractivity contribution in [3.8, 4) is 11.5 Å². The van der Waals surface area contributed by atoms with E-state index < -0.39 is 0 Å². The lowest BCUT2D eigenvalue weighted by Gasteiger charge is -2.06. The molecular formula is C15H16O2. The van der Waals surface area contributed by atoms with Gasteiger partial charge >= 0.3 is 0 Å². The van der Waals surface area contributed by atoms with Gasteiger partial charge in [0, 0.05) is 0 Å². The molecule has 0 bridgehead atoms. The summed E-state index contributed by atoms with van der Waals surface area (Å²) >= 11 is 0. The number of benzene rings is 2. The Morgan fingerprint density at radius 3 is 2.24 bits per heavy atom. The van der Waals surface area contributed by atoms with E-state index in [1.165, 1.54) is 11.1 Å². The van der Waals surface area contributed by atoms with Gasteiger partial charge in [-0.3, -0.25) is 0 Å². The standard InChI is InChI=1S/C15H16O2/c1-11-3-5-12(6-4-11)9-13-7-8-15(17-2)14(16)10-13/h3-8,10,16H,9H2,1-2H3. The molecule has 2 aromatic carbocycles. The first-order chi connectivity index (χ1) is 8.19. The molecule has 1 N–H and O–H groups in total. The molecule has 2 aromatic rings.